The molecule has 0 spiro atoms. The molecule has 0 aliphatic carbocycles. The standard InChI is InChI=1S/C14H22N4O3/c1-14(2,3)21-13(19)17-10-7-18(8-10)12-11(20-4)5-9(15)6-16-12/h5-6,10H,7-8,15H2,1-4H3,(H,17,19). The summed E-state index contributed by atoms with van der Waals surface area (Å²) in [6, 6.07) is 1.78. The summed E-state index contributed by atoms with van der Waals surface area (Å²) >= 11 is 0. The molecule has 1 saturated heterocycles. The number of nitrogens with zero attached hydrogens (tertiary/aromatic N) is 2. The van der Waals surface area contributed by atoms with Crippen LogP contribution in [0.3, 0.4) is 0 Å². The molecule has 116 valence electrons. The number of ether oxygens (including phenoxy) is 2. The van der Waals surface area contributed by atoms with Gasteiger partial charge < -0.3 is 25.4 Å². The highest BCUT2D eigenvalue weighted by atomic mass is 16.6. The Morgan fingerprint density at radius 3 is 2.71 bits per heavy atom. The molecule has 1 aromatic heterocycles. The SMILES string of the molecule is COc1cc(N)cnc1N1CC(NC(=O)OC(C)(C)C)C1. The molecule has 1 aromatic rings. The molecule has 1 aliphatic heterocycles. The predicted octanol–water partition coefficient (Wildman–Crippen LogP) is 1.39. The van der Waals surface area contributed by atoms with Crippen LogP contribution in [0, 0.1) is 0 Å². The van der Waals surface area contributed by atoms with E-state index in [2.05, 4.69) is 10.3 Å². The van der Waals surface area contributed by atoms with Crippen LogP contribution < -0.4 is 20.7 Å². The number of methoxy groups -OCH3 is 1. The number of hydrogen-bond donors (Lipinski definition) is 2. The Bertz CT molecular complexity index is 521. The first kappa shape index (κ1) is 15.2. The minimum atomic E-state index is -0.491. The van der Waals surface area contributed by atoms with Gasteiger partial charge in [0.1, 0.15) is 5.60 Å². The fourth-order valence-corrected chi connectivity index (χ4v) is 2.06. The number of anilines is 2. The molecule has 3 N–H and O–H groups in total. The summed E-state index contributed by atoms with van der Waals surface area (Å²) < 4.78 is 10.5. The van der Waals surface area contributed by atoms with Crippen LogP contribution in [0.25, 0.3) is 0 Å². The summed E-state index contributed by atoms with van der Waals surface area (Å²) in [7, 11) is 1.58. The lowest BCUT2D eigenvalue weighted by Gasteiger charge is -2.40. The largest absolute Gasteiger partial charge is 0.493 e. The Labute approximate surface area is 124 Å². The lowest BCUT2D eigenvalue weighted by Crippen LogP contribution is -2.60. The van der Waals surface area contributed by atoms with Crippen molar-refractivity contribution in [3.05, 3.63) is 12.3 Å². The van der Waals surface area contributed by atoms with E-state index < -0.39 is 11.7 Å². The zero-order valence-corrected chi connectivity index (χ0v) is 12.8. The van der Waals surface area contributed by atoms with Crippen LogP contribution in [-0.4, -0.2) is 42.9 Å². The second-order valence-corrected chi connectivity index (χ2v) is 6.04. The monoisotopic (exact) mass is 294 g/mol. The number of hydrogen-bond acceptors (Lipinski definition) is 6. The van der Waals surface area contributed by atoms with E-state index in [0.29, 0.717) is 24.5 Å². The minimum Gasteiger partial charge on any atom is -0.493 e. The van der Waals surface area contributed by atoms with Gasteiger partial charge in [-0.3, -0.25) is 0 Å². The molecule has 2 rings (SSSR count). The summed E-state index contributed by atoms with van der Waals surface area (Å²) in [5, 5.41) is 2.83. The Kier molecular flexibility index (Phi) is 4.11. The van der Waals surface area contributed by atoms with E-state index in [4.69, 9.17) is 15.2 Å². The molecule has 0 aromatic carbocycles. The van der Waals surface area contributed by atoms with Crippen LogP contribution >= 0.6 is 0 Å². The van der Waals surface area contributed by atoms with Gasteiger partial charge in [0.2, 0.25) is 0 Å². The summed E-state index contributed by atoms with van der Waals surface area (Å²) in [6.07, 6.45) is 1.19. The van der Waals surface area contributed by atoms with Crippen molar-refractivity contribution in [3.8, 4) is 5.75 Å². The van der Waals surface area contributed by atoms with Crippen LogP contribution in [0.5, 0.6) is 5.75 Å². The first-order valence-corrected chi connectivity index (χ1v) is 6.82. The summed E-state index contributed by atoms with van der Waals surface area (Å²) in [6.45, 7) is 6.83. The summed E-state index contributed by atoms with van der Waals surface area (Å²) in [5.41, 5.74) is 5.74. The fourth-order valence-electron chi connectivity index (χ4n) is 2.06. The smallest absolute Gasteiger partial charge is 0.407 e. The third kappa shape index (κ3) is 3.90. The van der Waals surface area contributed by atoms with Crippen molar-refractivity contribution in [2.45, 2.75) is 32.4 Å². The topological polar surface area (TPSA) is 89.7 Å². The normalized spacial score (nSPS) is 15.3. The number of nitrogens with one attached hydrogen (secondary N) is 1. The Balaban J connectivity index is 1.88. The molecule has 0 atom stereocenters. The second kappa shape index (κ2) is 5.67. The zero-order chi connectivity index (χ0) is 15.6. The molecule has 0 unspecified atom stereocenters. The maximum absolute atomic E-state index is 11.7. The summed E-state index contributed by atoms with van der Waals surface area (Å²) in [4.78, 5) is 18.0. The van der Waals surface area contributed by atoms with Crippen LogP contribution in [-0.2, 0) is 4.74 Å². The van der Waals surface area contributed by atoms with Gasteiger partial charge in [-0.25, -0.2) is 9.78 Å². The highest BCUT2D eigenvalue weighted by molar-refractivity contribution is 5.69. The maximum Gasteiger partial charge on any atom is 0.407 e. The Hall–Kier alpha value is -2.18. The molecule has 1 fully saturated rings. The van der Waals surface area contributed by atoms with Gasteiger partial charge >= 0.3 is 6.09 Å². The van der Waals surface area contributed by atoms with Gasteiger partial charge in [0, 0.05) is 19.2 Å². The average Bonchev–Trinajstić information content (AvgIpc) is 2.31. The predicted molar refractivity (Wildman–Crippen MR) is 80.6 cm³/mol. The van der Waals surface area contributed by atoms with Crippen LogP contribution in [0.2, 0.25) is 0 Å². The van der Waals surface area contributed by atoms with Crippen molar-refractivity contribution in [2.75, 3.05) is 30.8 Å². The van der Waals surface area contributed by atoms with Crippen molar-refractivity contribution >= 4 is 17.6 Å². The van der Waals surface area contributed by atoms with Gasteiger partial charge in [0.15, 0.2) is 11.6 Å². The number of alkyl carbamates (subject to hydrolysis) is 1. The van der Waals surface area contributed by atoms with E-state index >= 15 is 0 Å². The minimum absolute atomic E-state index is 0.0453. The second-order valence-electron chi connectivity index (χ2n) is 6.04. The van der Waals surface area contributed by atoms with Gasteiger partial charge in [-0.05, 0) is 20.8 Å². The van der Waals surface area contributed by atoms with Crippen LogP contribution in [0.4, 0.5) is 16.3 Å². The van der Waals surface area contributed by atoms with Gasteiger partial charge in [-0.1, -0.05) is 0 Å². The molecule has 1 amide bonds. The molecule has 1 aliphatic rings. The van der Waals surface area contributed by atoms with E-state index in [1.54, 1.807) is 19.4 Å². The van der Waals surface area contributed by atoms with Gasteiger partial charge in [-0.2, -0.15) is 0 Å². The van der Waals surface area contributed by atoms with Gasteiger partial charge in [0.25, 0.3) is 0 Å². The highest BCUT2D eigenvalue weighted by Crippen LogP contribution is 2.30. The van der Waals surface area contributed by atoms with Crippen molar-refractivity contribution in [2.24, 2.45) is 0 Å². The number of pyridine rings is 1. The number of nitrogen functional groups attached to an aromatic ring is 1. The number of aromatic nitrogens is 1. The molecule has 7 heteroatoms. The van der Waals surface area contributed by atoms with E-state index in [9.17, 15) is 4.79 Å². The lowest BCUT2D eigenvalue weighted by molar-refractivity contribution is 0.0496. The van der Waals surface area contributed by atoms with Gasteiger partial charge in [-0.15, -0.1) is 0 Å². The van der Waals surface area contributed by atoms with Crippen molar-refractivity contribution < 1.29 is 14.3 Å². The molecular formula is C14H22N4O3. The van der Waals surface area contributed by atoms with E-state index in [1.165, 1.54) is 0 Å². The van der Waals surface area contributed by atoms with Crippen molar-refractivity contribution in [3.63, 3.8) is 0 Å². The average molecular weight is 294 g/mol. The fraction of sp³-hybridized carbons (Fsp3) is 0.571. The molecular weight excluding hydrogens is 272 g/mol. The molecule has 2 heterocycles. The third-order valence-electron chi connectivity index (χ3n) is 2.98. The highest BCUT2D eigenvalue weighted by Gasteiger charge is 2.32. The van der Waals surface area contributed by atoms with Crippen molar-refractivity contribution in [1.82, 2.24) is 10.3 Å². The van der Waals surface area contributed by atoms with E-state index in [0.717, 1.165) is 5.82 Å². The number of carbonyl (C=O) groups excluding carboxylic acids is 1. The quantitative estimate of drug-likeness (QED) is 0.875. The lowest BCUT2D eigenvalue weighted by atomic mass is 10.1. The summed E-state index contributed by atoms with van der Waals surface area (Å²) in [5.74, 6) is 1.36. The van der Waals surface area contributed by atoms with Gasteiger partial charge in [0.05, 0.1) is 25.0 Å². The molecule has 7 nitrogen and oxygen atoms in total. The molecule has 0 radical (unpaired) electrons. The third-order valence-corrected chi connectivity index (χ3v) is 2.98. The zero-order valence-electron chi connectivity index (χ0n) is 12.8. The Morgan fingerprint density at radius 1 is 1.48 bits per heavy atom. The Morgan fingerprint density at radius 2 is 2.14 bits per heavy atom. The molecule has 21 heavy (non-hydrogen) atoms. The number of nitrogens with two attached hydrogens (primary N) is 1. The number of rotatable bonds is 3. The molecule has 0 bridgehead atoms. The van der Waals surface area contributed by atoms with Crippen LogP contribution in [0.1, 0.15) is 20.8 Å². The van der Waals surface area contributed by atoms with E-state index in [-0.39, 0.29) is 6.04 Å². The van der Waals surface area contributed by atoms with Crippen LogP contribution in [0.15, 0.2) is 12.3 Å². The maximum atomic E-state index is 11.7. The molecule has 0 saturated carbocycles. The number of carbonyl (C=O) groups is 1. The van der Waals surface area contributed by atoms with Crippen molar-refractivity contribution in [1.29, 1.82) is 0 Å². The first-order valence-electron chi connectivity index (χ1n) is 6.82. The first-order chi connectivity index (χ1) is 9.78. The van der Waals surface area contributed by atoms with E-state index in [1.807, 2.05) is 25.7 Å². The number of amides is 1.